The van der Waals surface area contributed by atoms with Gasteiger partial charge >= 0.3 is 0 Å². The molecule has 1 amide bonds. The summed E-state index contributed by atoms with van der Waals surface area (Å²) in [4.78, 5) is 32.1. The van der Waals surface area contributed by atoms with Crippen molar-refractivity contribution in [3.63, 3.8) is 0 Å². The summed E-state index contributed by atoms with van der Waals surface area (Å²) in [5.74, 6) is 0.0417. The van der Waals surface area contributed by atoms with Gasteiger partial charge in [0.2, 0.25) is 15.9 Å². The van der Waals surface area contributed by atoms with Crippen LogP contribution < -0.4 is 5.56 Å². The molecule has 4 rings (SSSR count). The Morgan fingerprint density at radius 3 is 2.53 bits per heavy atom. The molecule has 11 heteroatoms. The molecule has 1 aromatic carbocycles. The molecule has 158 valence electrons. The molecule has 0 aliphatic carbocycles. The summed E-state index contributed by atoms with van der Waals surface area (Å²) in [6, 6.07) is 10.1. The zero-order valence-electron chi connectivity index (χ0n) is 16.2. The third-order valence-electron chi connectivity index (χ3n) is 4.96. The topological polar surface area (TPSA) is 92.6 Å². The molecule has 3 heterocycles. The fraction of sp³-hybridized carbons (Fsp3) is 0.316. The van der Waals surface area contributed by atoms with E-state index in [-0.39, 0.29) is 35.2 Å². The van der Waals surface area contributed by atoms with E-state index in [0.717, 1.165) is 0 Å². The van der Waals surface area contributed by atoms with Gasteiger partial charge in [-0.05, 0) is 23.6 Å². The van der Waals surface area contributed by atoms with Gasteiger partial charge in [-0.25, -0.2) is 13.4 Å². The van der Waals surface area contributed by atoms with Gasteiger partial charge in [-0.1, -0.05) is 30.0 Å². The number of benzene rings is 1. The van der Waals surface area contributed by atoms with E-state index in [0.29, 0.717) is 28.5 Å². The van der Waals surface area contributed by atoms with Crippen molar-refractivity contribution < 1.29 is 13.2 Å². The van der Waals surface area contributed by atoms with Gasteiger partial charge in [-0.3, -0.25) is 14.2 Å². The molecule has 0 N–H and O–H groups in total. The standard InChI is InChI=1S/C19H20N4O4S3/c1-21-18(25)15-7-12-28-17(15)20-19(21)29-13-16(24)22-8-10-23(11-9-22)30(26,27)14-5-3-2-4-6-14/h2-7,12H,8-11,13H2,1H3. The maximum atomic E-state index is 12.7. The number of fused-ring (bicyclic) bond motifs is 1. The number of carbonyl (C=O) groups is 1. The summed E-state index contributed by atoms with van der Waals surface area (Å²) in [6.45, 7) is 1.18. The molecule has 1 aliphatic rings. The molecule has 0 radical (unpaired) electrons. The monoisotopic (exact) mass is 464 g/mol. The van der Waals surface area contributed by atoms with E-state index < -0.39 is 10.0 Å². The molecule has 1 saturated heterocycles. The van der Waals surface area contributed by atoms with Gasteiger partial charge in [0, 0.05) is 33.2 Å². The van der Waals surface area contributed by atoms with Crippen LogP contribution in [-0.2, 0) is 21.9 Å². The highest BCUT2D eigenvalue weighted by Gasteiger charge is 2.30. The van der Waals surface area contributed by atoms with E-state index >= 15 is 0 Å². The van der Waals surface area contributed by atoms with Gasteiger partial charge in [0.25, 0.3) is 5.56 Å². The smallest absolute Gasteiger partial charge is 0.262 e. The van der Waals surface area contributed by atoms with Crippen LogP contribution in [0.4, 0.5) is 0 Å². The number of hydrogen-bond acceptors (Lipinski definition) is 7. The van der Waals surface area contributed by atoms with Gasteiger partial charge in [-0.2, -0.15) is 4.31 Å². The molecule has 0 saturated carbocycles. The maximum absolute atomic E-state index is 12.7. The number of amides is 1. The normalized spacial score (nSPS) is 15.6. The number of thiophene rings is 1. The van der Waals surface area contributed by atoms with Gasteiger partial charge in [0.15, 0.2) is 5.16 Å². The molecule has 0 unspecified atom stereocenters. The van der Waals surface area contributed by atoms with Crippen LogP contribution in [0.25, 0.3) is 10.2 Å². The highest BCUT2D eigenvalue weighted by Crippen LogP contribution is 2.22. The zero-order valence-corrected chi connectivity index (χ0v) is 18.7. The van der Waals surface area contributed by atoms with Gasteiger partial charge in [0.05, 0.1) is 16.0 Å². The van der Waals surface area contributed by atoms with Crippen LogP contribution >= 0.6 is 23.1 Å². The number of nitrogens with zero attached hydrogens (tertiary/aromatic N) is 4. The number of thioether (sulfide) groups is 1. The largest absolute Gasteiger partial charge is 0.339 e. The summed E-state index contributed by atoms with van der Waals surface area (Å²) in [7, 11) is -1.90. The lowest BCUT2D eigenvalue weighted by Crippen LogP contribution is -2.51. The van der Waals surface area contributed by atoms with Crippen molar-refractivity contribution in [1.29, 1.82) is 0 Å². The van der Waals surface area contributed by atoms with Crippen LogP contribution in [0, 0.1) is 0 Å². The zero-order chi connectivity index (χ0) is 21.3. The molecule has 1 aliphatic heterocycles. The number of piperazine rings is 1. The lowest BCUT2D eigenvalue weighted by molar-refractivity contribution is -0.129. The maximum Gasteiger partial charge on any atom is 0.262 e. The van der Waals surface area contributed by atoms with Crippen LogP contribution in [0.15, 0.2) is 56.6 Å². The van der Waals surface area contributed by atoms with E-state index in [1.807, 2.05) is 5.38 Å². The SMILES string of the molecule is Cn1c(SCC(=O)N2CCN(S(=O)(=O)c3ccccc3)CC2)nc2sccc2c1=O. The molecule has 1 fully saturated rings. The molecule has 2 aromatic heterocycles. The molecule has 0 atom stereocenters. The summed E-state index contributed by atoms with van der Waals surface area (Å²) in [6.07, 6.45) is 0. The van der Waals surface area contributed by atoms with E-state index in [1.165, 1.54) is 32.0 Å². The Labute approximate surface area is 182 Å². The highest BCUT2D eigenvalue weighted by molar-refractivity contribution is 7.99. The average Bonchev–Trinajstić information content (AvgIpc) is 3.24. The van der Waals surface area contributed by atoms with E-state index in [9.17, 15) is 18.0 Å². The highest BCUT2D eigenvalue weighted by atomic mass is 32.2. The third-order valence-corrected chi connectivity index (χ3v) is 8.70. The second-order valence-corrected chi connectivity index (χ2v) is 10.6. The summed E-state index contributed by atoms with van der Waals surface area (Å²) >= 11 is 2.61. The minimum Gasteiger partial charge on any atom is -0.339 e. The Kier molecular flexibility index (Phi) is 5.96. The lowest BCUT2D eigenvalue weighted by Gasteiger charge is -2.34. The second-order valence-electron chi connectivity index (χ2n) is 6.78. The fourth-order valence-corrected chi connectivity index (χ4v) is 6.37. The summed E-state index contributed by atoms with van der Waals surface area (Å²) < 4.78 is 28.3. The molecular weight excluding hydrogens is 444 g/mol. The third kappa shape index (κ3) is 4.02. The summed E-state index contributed by atoms with van der Waals surface area (Å²) in [5.41, 5.74) is -0.129. The Balaban J connectivity index is 1.37. The first-order valence-electron chi connectivity index (χ1n) is 9.28. The van der Waals surface area contributed by atoms with Crippen molar-refractivity contribution >= 4 is 49.2 Å². The Morgan fingerprint density at radius 2 is 1.83 bits per heavy atom. The predicted molar refractivity (Wildman–Crippen MR) is 117 cm³/mol. The Bertz CT molecular complexity index is 1230. The van der Waals surface area contributed by atoms with Crippen molar-refractivity contribution in [2.24, 2.45) is 7.05 Å². The first-order valence-corrected chi connectivity index (χ1v) is 12.6. The first kappa shape index (κ1) is 21.0. The minimum atomic E-state index is -3.55. The van der Waals surface area contributed by atoms with Crippen molar-refractivity contribution in [2.45, 2.75) is 10.1 Å². The van der Waals surface area contributed by atoms with Crippen molar-refractivity contribution in [2.75, 3.05) is 31.9 Å². The lowest BCUT2D eigenvalue weighted by atomic mass is 10.3. The molecule has 3 aromatic rings. The number of carbonyl (C=O) groups excluding carboxylic acids is 1. The second kappa shape index (κ2) is 8.50. The van der Waals surface area contributed by atoms with Gasteiger partial charge in [-0.15, -0.1) is 11.3 Å². The quantitative estimate of drug-likeness (QED) is 0.421. The van der Waals surface area contributed by atoms with E-state index in [4.69, 9.17) is 0 Å². The Morgan fingerprint density at radius 1 is 1.13 bits per heavy atom. The molecule has 8 nitrogen and oxygen atoms in total. The minimum absolute atomic E-state index is 0.0997. The van der Waals surface area contributed by atoms with Crippen molar-refractivity contribution in [3.8, 4) is 0 Å². The van der Waals surface area contributed by atoms with Gasteiger partial charge < -0.3 is 4.90 Å². The number of aromatic nitrogens is 2. The van der Waals surface area contributed by atoms with Crippen LogP contribution in [0.5, 0.6) is 0 Å². The molecular formula is C19H20N4O4S3. The average molecular weight is 465 g/mol. The first-order chi connectivity index (χ1) is 14.4. The molecule has 0 bridgehead atoms. The van der Waals surface area contributed by atoms with Crippen LogP contribution in [-0.4, -0.2) is 65.0 Å². The van der Waals surface area contributed by atoms with Crippen molar-refractivity contribution in [3.05, 3.63) is 52.1 Å². The number of rotatable bonds is 5. The predicted octanol–water partition coefficient (Wildman–Crippen LogP) is 1.62. The number of hydrogen-bond donors (Lipinski definition) is 0. The van der Waals surface area contributed by atoms with Crippen LogP contribution in [0.3, 0.4) is 0 Å². The Hall–Kier alpha value is -2.21. The summed E-state index contributed by atoms with van der Waals surface area (Å²) in [5, 5.41) is 2.89. The molecule has 0 spiro atoms. The van der Waals surface area contributed by atoms with Crippen LogP contribution in [0.1, 0.15) is 0 Å². The fourth-order valence-electron chi connectivity index (χ4n) is 3.25. The van der Waals surface area contributed by atoms with Crippen LogP contribution in [0.2, 0.25) is 0 Å². The number of sulfonamides is 1. The van der Waals surface area contributed by atoms with Gasteiger partial charge in [0.1, 0.15) is 4.83 Å². The van der Waals surface area contributed by atoms with E-state index in [2.05, 4.69) is 4.98 Å². The molecule has 30 heavy (non-hydrogen) atoms. The van der Waals surface area contributed by atoms with E-state index in [1.54, 1.807) is 48.3 Å². The van der Waals surface area contributed by atoms with Crippen molar-refractivity contribution in [1.82, 2.24) is 18.8 Å².